The molecule has 2 unspecified atom stereocenters. The van der Waals surface area contributed by atoms with Crippen LogP contribution in [0.25, 0.3) is 0 Å². The molecule has 2 bridgehead atoms. The van der Waals surface area contributed by atoms with Gasteiger partial charge in [0.25, 0.3) is 5.91 Å². The number of piperidine rings is 1. The summed E-state index contributed by atoms with van der Waals surface area (Å²) in [6, 6.07) is 6.73. The first-order chi connectivity index (χ1) is 16.4. The molecule has 12 heteroatoms. The van der Waals surface area contributed by atoms with Crippen LogP contribution in [0.2, 0.25) is 10.0 Å². The molecule has 1 amide bonds. The molecule has 3 aliphatic heterocycles. The summed E-state index contributed by atoms with van der Waals surface area (Å²) in [5, 5.41) is 5.94. The molecule has 6 nitrogen and oxygen atoms in total. The summed E-state index contributed by atoms with van der Waals surface area (Å²) >= 11 is 12.3. The minimum absolute atomic E-state index is 0.00290. The molecule has 3 saturated heterocycles. The second-order valence-electron chi connectivity index (χ2n) is 8.81. The number of halogens is 5. The van der Waals surface area contributed by atoms with Crippen LogP contribution in [0.15, 0.2) is 35.2 Å². The Morgan fingerprint density at radius 2 is 1.83 bits per heavy atom. The fraction of sp³-hybridized carbons (Fsp3) is 0.435. The molecule has 190 valence electrons. The molecule has 3 aliphatic rings. The fourth-order valence-electron chi connectivity index (χ4n) is 4.56. The number of piperazine rings is 1. The van der Waals surface area contributed by atoms with Crippen LogP contribution in [0.5, 0.6) is 0 Å². The first-order valence-electron chi connectivity index (χ1n) is 11.0. The van der Waals surface area contributed by atoms with Crippen molar-refractivity contribution in [1.29, 1.82) is 0 Å². The lowest BCUT2D eigenvalue weighted by Crippen LogP contribution is -2.66. The standard InChI is InChI=1S/C23H24Cl2F3N3O3S/c1-2-35(33,34)21-4-3-15(24)5-14(21)9-29-22(32)13-6-19(23(26,27)28)18(20(25)7-13)12-31-10-16-8-17(11-31)30-16/h3-7,16-17,30H,2,8-12H2,1H3,(H,29,32). The summed E-state index contributed by atoms with van der Waals surface area (Å²) in [4.78, 5) is 14.7. The van der Waals surface area contributed by atoms with Gasteiger partial charge >= 0.3 is 6.18 Å². The minimum Gasteiger partial charge on any atom is -0.348 e. The van der Waals surface area contributed by atoms with Gasteiger partial charge in [0.1, 0.15) is 0 Å². The van der Waals surface area contributed by atoms with Crippen molar-refractivity contribution in [1.82, 2.24) is 15.5 Å². The Hall–Kier alpha value is -1.85. The van der Waals surface area contributed by atoms with E-state index >= 15 is 0 Å². The van der Waals surface area contributed by atoms with E-state index in [1.165, 1.54) is 31.2 Å². The van der Waals surface area contributed by atoms with Crippen molar-refractivity contribution >= 4 is 38.9 Å². The van der Waals surface area contributed by atoms with E-state index < -0.39 is 27.5 Å². The number of nitrogens with one attached hydrogen (secondary N) is 2. The molecule has 3 heterocycles. The number of hydrogen-bond donors (Lipinski definition) is 2. The summed E-state index contributed by atoms with van der Waals surface area (Å²) in [6.45, 7) is 2.55. The van der Waals surface area contributed by atoms with Crippen LogP contribution in [-0.4, -0.2) is 50.2 Å². The average Bonchev–Trinajstić information content (AvgIpc) is 2.77. The maximum Gasteiger partial charge on any atom is 0.416 e. The number of sulfone groups is 1. The largest absolute Gasteiger partial charge is 0.416 e. The van der Waals surface area contributed by atoms with E-state index in [9.17, 15) is 26.4 Å². The van der Waals surface area contributed by atoms with Crippen LogP contribution in [0, 0.1) is 0 Å². The van der Waals surface area contributed by atoms with Gasteiger partial charge in [0.15, 0.2) is 9.84 Å². The molecule has 2 atom stereocenters. The molecule has 35 heavy (non-hydrogen) atoms. The van der Waals surface area contributed by atoms with Crippen molar-refractivity contribution in [3.8, 4) is 0 Å². The number of amides is 1. The van der Waals surface area contributed by atoms with Gasteiger partial charge in [-0.2, -0.15) is 13.2 Å². The van der Waals surface area contributed by atoms with Crippen LogP contribution < -0.4 is 10.6 Å². The monoisotopic (exact) mass is 549 g/mol. The maximum atomic E-state index is 13.9. The molecule has 0 spiro atoms. The van der Waals surface area contributed by atoms with Crippen LogP contribution in [0.1, 0.15) is 40.4 Å². The molecule has 2 aromatic carbocycles. The van der Waals surface area contributed by atoms with E-state index in [-0.39, 0.29) is 62.6 Å². The number of carbonyl (C=O) groups excluding carboxylic acids is 1. The number of alkyl halides is 3. The number of nitrogens with zero attached hydrogens (tertiary/aromatic N) is 1. The zero-order valence-corrected chi connectivity index (χ0v) is 21.1. The minimum atomic E-state index is -4.71. The summed E-state index contributed by atoms with van der Waals surface area (Å²) < 4.78 is 66.5. The second kappa shape index (κ2) is 9.89. The van der Waals surface area contributed by atoms with Gasteiger partial charge in [0.05, 0.1) is 16.2 Å². The van der Waals surface area contributed by atoms with Gasteiger partial charge < -0.3 is 10.6 Å². The average molecular weight is 550 g/mol. The zero-order chi connectivity index (χ0) is 25.5. The Labute approximate surface area is 211 Å². The van der Waals surface area contributed by atoms with Crippen LogP contribution in [0.3, 0.4) is 0 Å². The van der Waals surface area contributed by atoms with E-state index in [0.29, 0.717) is 13.1 Å². The summed E-state index contributed by atoms with van der Waals surface area (Å²) in [7, 11) is -3.60. The van der Waals surface area contributed by atoms with Crippen molar-refractivity contribution < 1.29 is 26.4 Å². The number of hydrogen-bond acceptors (Lipinski definition) is 5. The Morgan fingerprint density at radius 1 is 1.17 bits per heavy atom. The molecule has 2 aromatic rings. The Kier molecular flexibility index (Phi) is 7.41. The molecule has 0 radical (unpaired) electrons. The number of rotatable bonds is 7. The normalized spacial score (nSPS) is 20.4. The van der Waals surface area contributed by atoms with Crippen molar-refractivity contribution in [2.24, 2.45) is 0 Å². The molecule has 0 saturated carbocycles. The third-order valence-corrected chi connectivity index (χ3v) is 8.72. The molecular weight excluding hydrogens is 526 g/mol. The highest BCUT2D eigenvalue weighted by atomic mass is 35.5. The first-order valence-corrected chi connectivity index (χ1v) is 13.5. The number of benzene rings is 2. The number of fused-ring (bicyclic) bond motifs is 2. The van der Waals surface area contributed by atoms with Gasteiger partial charge in [-0.25, -0.2) is 8.42 Å². The van der Waals surface area contributed by atoms with Gasteiger partial charge in [0, 0.05) is 53.9 Å². The van der Waals surface area contributed by atoms with E-state index in [0.717, 1.165) is 12.5 Å². The van der Waals surface area contributed by atoms with Gasteiger partial charge in [-0.05, 0) is 47.9 Å². The van der Waals surface area contributed by atoms with E-state index in [2.05, 4.69) is 10.6 Å². The smallest absolute Gasteiger partial charge is 0.348 e. The fourth-order valence-corrected chi connectivity index (χ4v) is 6.15. The van der Waals surface area contributed by atoms with Crippen molar-refractivity contribution in [2.45, 2.75) is 49.6 Å². The molecular formula is C23H24Cl2F3N3O3S. The highest BCUT2D eigenvalue weighted by Crippen LogP contribution is 2.37. The Balaban J connectivity index is 1.57. The van der Waals surface area contributed by atoms with E-state index in [1.54, 1.807) is 0 Å². The third-order valence-electron chi connectivity index (χ3n) is 6.32. The molecule has 2 N–H and O–H groups in total. The maximum absolute atomic E-state index is 13.9. The van der Waals surface area contributed by atoms with E-state index in [4.69, 9.17) is 23.2 Å². The predicted octanol–water partition coefficient (Wildman–Crippen LogP) is 4.28. The van der Waals surface area contributed by atoms with Crippen molar-refractivity contribution in [3.05, 3.63) is 62.6 Å². The lowest BCUT2D eigenvalue weighted by molar-refractivity contribution is -0.138. The van der Waals surface area contributed by atoms with Gasteiger partial charge in [-0.1, -0.05) is 30.1 Å². The first kappa shape index (κ1) is 26.2. The molecule has 3 fully saturated rings. The molecule has 5 rings (SSSR count). The topological polar surface area (TPSA) is 78.5 Å². The lowest BCUT2D eigenvalue weighted by atomic mass is 9.90. The lowest BCUT2D eigenvalue weighted by Gasteiger charge is -2.48. The van der Waals surface area contributed by atoms with Crippen molar-refractivity contribution in [2.75, 3.05) is 18.8 Å². The van der Waals surface area contributed by atoms with Gasteiger partial charge in [-0.3, -0.25) is 9.69 Å². The van der Waals surface area contributed by atoms with Crippen LogP contribution in [0.4, 0.5) is 13.2 Å². The number of carbonyl (C=O) groups is 1. The van der Waals surface area contributed by atoms with Gasteiger partial charge in [-0.15, -0.1) is 0 Å². The molecule has 0 aliphatic carbocycles. The highest BCUT2D eigenvalue weighted by Gasteiger charge is 2.39. The zero-order valence-electron chi connectivity index (χ0n) is 18.8. The van der Waals surface area contributed by atoms with E-state index in [1.807, 2.05) is 4.90 Å². The highest BCUT2D eigenvalue weighted by molar-refractivity contribution is 7.91. The van der Waals surface area contributed by atoms with Crippen molar-refractivity contribution in [3.63, 3.8) is 0 Å². The third kappa shape index (κ3) is 5.77. The summed E-state index contributed by atoms with van der Waals surface area (Å²) in [6.07, 6.45) is -3.69. The van der Waals surface area contributed by atoms with Crippen LogP contribution >= 0.6 is 23.2 Å². The predicted molar refractivity (Wildman–Crippen MR) is 127 cm³/mol. The van der Waals surface area contributed by atoms with Gasteiger partial charge in [0.2, 0.25) is 0 Å². The summed E-state index contributed by atoms with van der Waals surface area (Å²) in [5.74, 6) is -0.969. The SMILES string of the molecule is CCS(=O)(=O)c1ccc(Cl)cc1CNC(=O)c1cc(Cl)c(CN2CC3CC(C2)N3)c(C(F)(F)F)c1. The Morgan fingerprint density at radius 3 is 2.43 bits per heavy atom. The quantitative estimate of drug-likeness (QED) is 0.539. The summed E-state index contributed by atoms with van der Waals surface area (Å²) in [5.41, 5.74) is -1.05. The second-order valence-corrected chi connectivity index (χ2v) is 11.9. The van der Waals surface area contributed by atoms with Crippen LogP contribution in [-0.2, 0) is 29.1 Å². The molecule has 0 aromatic heterocycles. The Bertz CT molecular complexity index is 1240.